The van der Waals surface area contributed by atoms with Crippen LogP contribution in [0, 0.1) is 20.8 Å². The average Bonchev–Trinajstić information content (AvgIpc) is 3.14. The van der Waals surface area contributed by atoms with Gasteiger partial charge in [0, 0.05) is 11.4 Å². The van der Waals surface area contributed by atoms with Gasteiger partial charge >= 0.3 is 0 Å². The number of amides is 1. The summed E-state index contributed by atoms with van der Waals surface area (Å²) in [5.41, 5.74) is 3.68. The molecule has 0 radical (unpaired) electrons. The fourth-order valence-corrected chi connectivity index (χ4v) is 4.71. The summed E-state index contributed by atoms with van der Waals surface area (Å²) in [4.78, 5) is 25.7. The summed E-state index contributed by atoms with van der Waals surface area (Å²) < 4.78 is 29.2. The maximum Gasteiger partial charge on any atom is 0.296 e. The molecule has 0 unspecified atom stereocenters. The highest BCUT2D eigenvalue weighted by molar-refractivity contribution is 7.92. The van der Waals surface area contributed by atoms with Gasteiger partial charge in [-0.05, 0) is 69.3 Å². The first-order valence-electron chi connectivity index (χ1n) is 10.8. The van der Waals surface area contributed by atoms with Crippen LogP contribution in [-0.2, 0) is 14.8 Å². The molecule has 2 N–H and O–H groups in total. The monoisotopic (exact) mass is 488 g/mol. The molecule has 1 heterocycles. The zero-order chi connectivity index (χ0) is 25.2. The van der Waals surface area contributed by atoms with Crippen molar-refractivity contribution < 1.29 is 18.0 Å². The van der Waals surface area contributed by atoms with Crippen LogP contribution in [0.2, 0.25) is 0 Å². The van der Waals surface area contributed by atoms with E-state index in [9.17, 15) is 18.0 Å². The van der Waals surface area contributed by atoms with Crippen molar-refractivity contribution in [3.8, 4) is 5.69 Å². The molecule has 0 atom stereocenters. The normalized spacial score (nSPS) is 11.2. The van der Waals surface area contributed by atoms with E-state index in [1.165, 1.54) is 36.4 Å². The molecule has 4 aromatic rings. The Bertz CT molecular complexity index is 1490. The number of rotatable bonds is 7. The van der Waals surface area contributed by atoms with Crippen LogP contribution in [0.1, 0.15) is 27.3 Å². The second kappa shape index (κ2) is 9.55. The topological polar surface area (TPSA) is 110 Å². The van der Waals surface area contributed by atoms with E-state index in [1.54, 1.807) is 30.7 Å². The Balaban J connectivity index is 1.47. The number of carbonyl (C=O) groups excluding carboxylic acids is 2. The molecule has 0 aliphatic heterocycles. The van der Waals surface area contributed by atoms with Gasteiger partial charge in [0.15, 0.2) is 0 Å². The first-order chi connectivity index (χ1) is 16.7. The Hall–Kier alpha value is -4.24. The molecule has 0 saturated heterocycles. The number of sulfonamides is 1. The summed E-state index contributed by atoms with van der Waals surface area (Å²) in [5, 5.41) is 6.99. The summed E-state index contributed by atoms with van der Waals surface area (Å²) in [6.45, 7) is 5.30. The number of hydrogen-bond donors (Lipinski definition) is 2. The van der Waals surface area contributed by atoms with Gasteiger partial charge in [0.1, 0.15) is 0 Å². The number of Topliss-reactive ketones (excluding diaryl/α,β-unsaturated/α-hetero) is 1. The lowest BCUT2D eigenvalue weighted by atomic mass is 10.1. The fourth-order valence-electron chi connectivity index (χ4n) is 3.65. The van der Waals surface area contributed by atoms with Gasteiger partial charge in [-0.15, -0.1) is 0 Å². The predicted molar refractivity (Wildman–Crippen MR) is 134 cm³/mol. The van der Waals surface area contributed by atoms with Crippen LogP contribution in [0.15, 0.2) is 83.8 Å². The Morgan fingerprint density at radius 1 is 0.800 bits per heavy atom. The number of anilines is 2. The van der Waals surface area contributed by atoms with Crippen molar-refractivity contribution in [3.05, 3.63) is 101 Å². The van der Waals surface area contributed by atoms with Crippen LogP contribution < -0.4 is 10.0 Å². The molecule has 9 heteroatoms. The third kappa shape index (κ3) is 5.15. The molecule has 0 aliphatic carbocycles. The van der Waals surface area contributed by atoms with E-state index >= 15 is 0 Å². The van der Waals surface area contributed by atoms with Crippen LogP contribution in [0.5, 0.6) is 0 Å². The second-order valence-electron chi connectivity index (χ2n) is 8.07. The third-order valence-corrected chi connectivity index (χ3v) is 6.85. The lowest BCUT2D eigenvalue weighted by molar-refractivity contribution is -0.112. The molecule has 0 bridgehead atoms. The van der Waals surface area contributed by atoms with Gasteiger partial charge in [0.2, 0.25) is 0 Å². The summed E-state index contributed by atoms with van der Waals surface area (Å²) in [5.74, 6) is -1.51. The maximum absolute atomic E-state index is 12.9. The van der Waals surface area contributed by atoms with Crippen molar-refractivity contribution in [2.24, 2.45) is 0 Å². The van der Waals surface area contributed by atoms with Crippen molar-refractivity contribution in [1.29, 1.82) is 0 Å². The molecule has 0 spiro atoms. The molecular weight excluding hydrogens is 464 g/mol. The fraction of sp³-hybridized carbons (Fsp3) is 0.115. The zero-order valence-corrected chi connectivity index (χ0v) is 20.3. The summed E-state index contributed by atoms with van der Waals surface area (Å²) in [6.07, 6.45) is 0. The summed E-state index contributed by atoms with van der Waals surface area (Å²) in [7, 11) is -3.75. The molecule has 0 fully saturated rings. The Morgan fingerprint density at radius 2 is 1.40 bits per heavy atom. The number of nitrogens with one attached hydrogen (secondary N) is 2. The molecule has 8 nitrogen and oxygen atoms in total. The van der Waals surface area contributed by atoms with E-state index in [0.717, 1.165) is 11.3 Å². The number of nitrogens with zero attached hydrogens (tertiary/aromatic N) is 2. The third-order valence-electron chi connectivity index (χ3n) is 5.45. The minimum Gasteiger partial charge on any atom is -0.319 e. The van der Waals surface area contributed by atoms with E-state index in [2.05, 4.69) is 15.1 Å². The number of aryl methyl sites for hydroxylation is 2. The average molecular weight is 489 g/mol. The minimum absolute atomic E-state index is 0.146. The number of carbonyl (C=O) groups is 2. The number of aromatic nitrogens is 2. The number of ketones is 1. The molecule has 3 aromatic carbocycles. The maximum atomic E-state index is 12.9. The minimum atomic E-state index is -3.75. The van der Waals surface area contributed by atoms with Crippen molar-refractivity contribution in [1.82, 2.24) is 9.78 Å². The number of hydrogen-bond acceptors (Lipinski definition) is 5. The zero-order valence-electron chi connectivity index (χ0n) is 19.4. The quantitative estimate of drug-likeness (QED) is 0.296. The van der Waals surface area contributed by atoms with E-state index in [0.29, 0.717) is 22.8 Å². The van der Waals surface area contributed by atoms with Crippen molar-refractivity contribution >= 4 is 33.1 Å². The van der Waals surface area contributed by atoms with Gasteiger partial charge < -0.3 is 5.32 Å². The van der Waals surface area contributed by atoms with Gasteiger partial charge in [0.25, 0.3) is 21.7 Å². The van der Waals surface area contributed by atoms with E-state index in [1.807, 2.05) is 37.3 Å². The predicted octanol–water partition coefficient (Wildman–Crippen LogP) is 4.42. The largest absolute Gasteiger partial charge is 0.319 e. The molecule has 35 heavy (non-hydrogen) atoms. The lowest BCUT2D eigenvalue weighted by Gasteiger charge is -2.10. The second-order valence-corrected chi connectivity index (χ2v) is 9.75. The number of para-hydroxylation sites is 1. The standard InChI is InChI=1S/C26H24N4O4S/c1-17-9-15-23(16-10-17)35(33,34)29-21-13-11-20(12-14-21)27-26(32)25(31)24-18(2)28-30(19(24)3)22-7-5-4-6-8-22/h4-16,29H,1-3H3,(H,27,32). The highest BCUT2D eigenvalue weighted by atomic mass is 32.2. The van der Waals surface area contributed by atoms with Gasteiger partial charge in [-0.3, -0.25) is 14.3 Å². The van der Waals surface area contributed by atoms with Gasteiger partial charge in [-0.1, -0.05) is 35.9 Å². The summed E-state index contributed by atoms with van der Waals surface area (Å²) in [6, 6.07) is 21.9. The van der Waals surface area contributed by atoms with Crippen LogP contribution in [-0.4, -0.2) is 29.9 Å². The highest BCUT2D eigenvalue weighted by Crippen LogP contribution is 2.21. The molecular formula is C26H24N4O4S. The van der Waals surface area contributed by atoms with Crippen LogP contribution in [0.4, 0.5) is 11.4 Å². The van der Waals surface area contributed by atoms with Crippen LogP contribution >= 0.6 is 0 Å². The van der Waals surface area contributed by atoms with E-state index < -0.39 is 21.7 Å². The summed E-state index contributed by atoms with van der Waals surface area (Å²) >= 11 is 0. The molecule has 4 rings (SSSR count). The van der Waals surface area contributed by atoms with Gasteiger partial charge in [-0.2, -0.15) is 5.10 Å². The van der Waals surface area contributed by atoms with Crippen LogP contribution in [0.25, 0.3) is 5.69 Å². The number of benzene rings is 3. The molecule has 1 amide bonds. The van der Waals surface area contributed by atoms with Gasteiger partial charge in [0.05, 0.1) is 27.5 Å². The molecule has 178 valence electrons. The Kier molecular flexibility index (Phi) is 6.52. The smallest absolute Gasteiger partial charge is 0.296 e. The van der Waals surface area contributed by atoms with Crippen molar-refractivity contribution in [3.63, 3.8) is 0 Å². The van der Waals surface area contributed by atoms with Crippen molar-refractivity contribution in [2.45, 2.75) is 25.7 Å². The molecule has 0 aliphatic rings. The Morgan fingerprint density at radius 3 is 2.03 bits per heavy atom. The lowest BCUT2D eigenvalue weighted by Crippen LogP contribution is -2.24. The Labute approximate surface area is 203 Å². The molecule has 0 saturated carbocycles. The van der Waals surface area contributed by atoms with Crippen LogP contribution in [0.3, 0.4) is 0 Å². The molecule has 1 aromatic heterocycles. The van der Waals surface area contributed by atoms with Gasteiger partial charge in [-0.25, -0.2) is 13.1 Å². The first kappa shape index (κ1) is 23.9. The van der Waals surface area contributed by atoms with E-state index in [4.69, 9.17) is 0 Å². The van der Waals surface area contributed by atoms with E-state index in [-0.39, 0.29) is 10.5 Å². The first-order valence-corrected chi connectivity index (χ1v) is 12.3. The van der Waals surface area contributed by atoms with Crippen molar-refractivity contribution in [2.75, 3.05) is 10.0 Å². The SMILES string of the molecule is Cc1ccc(S(=O)(=O)Nc2ccc(NC(=O)C(=O)c3c(C)nn(-c4ccccc4)c3C)cc2)cc1. The highest BCUT2D eigenvalue weighted by Gasteiger charge is 2.25.